The first-order valence-corrected chi connectivity index (χ1v) is 8.32. The van der Waals surface area contributed by atoms with E-state index in [2.05, 4.69) is 5.32 Å². The van der Waals surface area contributed by atoms with E-state index in [9.17, 15) is 9.18 Å². The summed E-state index contributed by atoms with van der Waals surface area (Å²) in [5.74, 6) is 0.119. The molecule has 3 aromatic rings. The molecule has 128 valence electrons. The van der Waals surface area contributed by atoms with Gasteiger partial charge in [-0.15, -0.1) is 0 Å². The van der Waals surface area contributed by atoms with Crippen molar-refractivity contribution in [3.05, 3.63) is 95.7 Å². The van der Waals surface area contributed by atoms with Crippen LogP contribution in [-0.2, 0) is 11.2 Å². The van der Waals surface area contributed by atoms with Gasteiger partial charge in [0.25, 0.3) is 0 Å². The van der Waals surface area contributed by atoms with Gasteiger partial charge in [-0.3, -0.25) is 4.79 Å². The van der Waals surface area contributed by atoms with Gasteiger partial charge >= 0.3 is 0 Å². The summed E-state index contributed by atoms with van der Waals surface area (Å²) >= 11 is 0. The molecule has 0 unspecified atom stereocenters. The van der Waals surface area contributed by atoms with Crippen molar-refractivity contribution in [2.75, 3.05) is 6.54 Å². The molecule has 0 bridgehead atoms. The second-order valence-corrected chi connectivity index (χ2v) is 5.91. The summed E-state index contributed by atoms with van der Waals surface area (Å²) in [4.78, 5) is 12.4. The number of benzene rings is 2. The lowest BCUT2D eigenvalue weighted by atomic mass is 9.93. The highest BCUT2D eigenvalue weighted by Crippen LogP contribution is 2.28. The van der Waals surface area contributed by atoms with Gasteiger partial charge in [0.2, 0.25) is 5.91 Å². The Kier molecular flexibility index (Phi) is 5.62. The summed E-state index contributed by atoms with van der Waals surface area (Å²) in [5, 5.41) is 2.95. The van der Waals surface area contributed by atoms with Gasteiger partial charge in [-0.1, -0.05) is 42.5 Å². The van der Waals surface area contributed by atoms with Crippen molar-refractivity contribution in [3.63, 3.8) is 0 Å². The second kappa shape index (κ2) is 8.29. The van der Waals surface area contributed by atoms with E-state index < -0.39 is 0 Å². The molecule has 1 aromatic heterocycles. The van der Waals surface area contributed by atoms with Gasteiger partial charge in [0.05, 0.1) is 12.2 Å². The monoisotopic (exact) mass is 337 g/mol. The van der Waals surface area contributed by atoms with E-state index in [4.69, 9.17) is 4.42 Å². The topological polar surface area (TPSA) is 42.2 Å². The maximum Gasteiger partial charge on any atom is 0.221 e. The zero-order valence-electron chi connectivity index (χ0n) is 13.8. The standard InChI is InChI=1S/C21H20FNO2/c22-18-10-8-17(9-11-18)19(20-7-4-14-25-20)15-21(24)23-13-12-16-5-2-1-3-6-16/h1-11,14,19H,12-13,15H2,(H,23,24)/t19-/m0/s1. The predicted molar refractivity (Wildman–Crippen MR) is 94.7 cm³/mol. The largest absolute Gasteiger partial charge is 0.469 e. The van der Waals surface area contributed by atoms with Crippen LogP contribution in [0.25, 0.3) is 0 Å². The molecule has 0 aliphatic heterocycles. The maximum atomic E-state index is 13.2. The number of halogens is 1. The summed E-state index contributed by atoms with van der Waals surface area (Å²) in [6.07, 6.45) is 2.63. The Morgan fingerprint density at radius 2 is 1.76 bits per heavy atom. The van der Waals surface area contributed by atoms with E-state index in [0.29, 0.717) is 12.3 Å². The molecule has 4 heteroatoms. The number of carbonyl (C=O) groups is 1. The van der Waals surface area contributed by atoms with Crippen LogP contribution in [-0.4, -0.2) is 12.5 Å². The molecule has 1 atom stereocenters. The first kappa shape index (κ1) is 17.0. The fourth-order valence-electron chi connectivity index (χ4n) is 2.82. The van der Waals surface area contributed by atoms with E-state index in [-0.39, 0.29) is 24.1 Å². The van der Waals surface area contributed by atoms with Crippen LogP contribution in [0.1, 0.15) is 29.2 Å². The second-order valence-electron chi connectivity index (χ2n) is 5.91. The Morgan fingerprint density at radius 1 is 1.00 bits per heavy atom. The van der Waals surface area contributed by atoms with Gasteiger partial charge in [0.1, 0.15) is 11.6 Å². The van der Waals surface area contributed by atoms with Crippen molar-refractivity contribution in [2.24, 2.45) is 0 Å². The third kappa shape index (κ3) is 4.80. The molecule has 25 heavy (non-hydrogen) atoms. The van der Waals surface area contributed by atoms with E-state index in [1.54, 1.807) is 24.5 Å². The number of hydrogen-bond acceptors (Lipinski definition) is 2. The number of nitrogens with one attached hydrogen (secondary N) is 1. The molecule has 0 fully saturated rings. The van der Waals surface area contributed by atoms with Crippen molar-refractivity contribution in [2.45, 2.75) is 18.8 Å². The Morgan fingerprint density at radius 3 is 2.44 bits per heavy atom. The highest BCUT2D eigenvalue weighted by atomic mass is 19.1. The number of amides is 1. The minimum absolute atomic E-state index is 0.0540. The average Bonchev–Trinajstić information content (AvgIpc) is 3.16. The Balaban J connectivity index is 1.62. The van der Waals surface area contributed by atoms with Crippen molar-refractivity contribution >= 4 is 5.91 Å². The first-order chi connectivity index (χ1) is 12.2. The Labute approximate surface area is 146 Å². The zero-order valence-corrected chi connectivity index (χ0v) is 13.8. The number of rotatable bonds is 7. The molecule has 0 aliphatic carbocycles. The van der Waals surface area contributed by atoms with Crippen LogP contribution in [0, 0.1) is 5.82 Å². The van der Waals surface area contributed by atoms with Crippen molar-refractivity contribution < 1.29 is 13.6 Å². The minimum atomic E-state index is -0.297. The molecule has 0 radical (unpaired) electrons. The molecule has 2 aromatic carbocycles. The third-order valence-electron chi connectivity index (χ3n) is 4.13. The van der Waals surface area contributed by atoms with Gasteiger partial charge in [-0.25, -0.2) is 4.39 Å². The fraction of sp³-hybridized carbons (Fsp3) is 0.190. The molecular formula is C21H20FNO2. The van der Waals surface area contributed by atoms with Crippen LogP contribution in [0.5, 0.6) is 0 Å². The zero-order chi connectivity index (χ0) is 17.5. The summed E-state index contributed by atoms with van der Waals surface area (Å²) in [6.45, 7) is 0.580. The number of furan rings is 1. The van der Waals surface area contributed by atoms with Crippen molar-refractivity contribution in [1.82, 2.24) is 5.32 Å². The number of hydrogen-bond donors (Lipinski definition) is 1. The molecule has 0 spiro atoms. The van der Waals surface area contributed by atoms with Gasteiger partial charge in [-0.2, -0.15) is 0 Å². The minimum Gasteiger partial charge on any atom is -0.469 e. The number of carbonyl (C=O) groups excluding carboxylic acids is 1. The molecule has 1 amide bonds. The third-order valence-corrected chi connectivity index (χ3v) is 4.13. The fourth-order valence-corrected chi connectivity index (χ4v) is 2.82. The van der Waals surface area contributed by atoms with E-state index in [1.165, 1.54) is 17.7 Å². The molecule has 0 saturated carbocycles. The normalized spacial score (nSPS) is 11.9. The highest BCUT2D eigenvalue weighted by Gasteiger charge is 2.20. The van der Waals surface area contributed by atoms with Crippen molar-refractivity contribution in [1.29, 1.82) is 0 Å². The first-order valence-electron chi connectivity index (χ1n) is 8.32. The Bertz CT molecular complexity index is 783. The van der Waals surface area contributed by atoms with Gasteiger partial charge in [0.15, 0.2) is 0 Å². The summed E-state index contributed by atoms with van der Waals surface area (Å²) in [5.41, 5.74) is 2.04. The van der Waals surface area contributed by atoms with Crippen LogP contribution in [0.15, 0.2) is 77.4 Å². The van der Waals surface area contributed by atoms with E-state index in [1.807, 2.05) is 36.4 Å². The highest BCUT2D eigenvalue weighted by molar-refractivity contribution is 5.77. The van der Waals surface area contributed by atoms with Crippen LogP contribution in [0.2, 0.25) is 0 Å². The SMILES string of the molecule is O=C(C[C@@H](c1ccc(F)cc1)c1ccco1)NCCc1ccccc1. The summed E-state index contributed by atoms with van der Waals surface area (Å²) in [7, 11) is 0. The Hall–Kier alpha value is -2.88. The van der Waals surface area contributed by atoms with Gasteiger partial charge in [0, 0.05) is 13.0 Å². The smallest absolute Gasteiger partial charge is 0.221 e. The van der Waals surface area contributed by atoms with E-state index in [0.717, 1.165) is 12.0 Å². The lowest BCUT2D eigenvalue weighted by Gasteiger charge is -2.15. The maximum absolute atomic E-state index is 13.2. The van der Waals surface area contributed by atoms with E-state index >= 15 is 0 Å². The molecule has 3 nitrogen and oxygen atoms in total. The molecular weight excluding hydrogens is 317 g/mol. The summed E-state index contributed by atoms with van der Waals surface area (Å²) in [6, 6.07) is 19.8. The molecule has 1 heterocycles. The average molecular weight is 337 g/mol. The molecule has 0 saturated heterocycles. The lowest BCUT2D eigenvalue weighted by molar-refractivity contribution is -0.121. The van der Waals surface area contributed by atoms with Crippen LogP contribution in [0.4, 0.5) is 4.39 Å². The molecule has 1 N–H and O–H groups in total. The van der Waals surface area contributed by atoms with Gasteiger partial charge < -0.3 is 9.73 Å². The van der Waals surface area contributed by atoms with Gasteiger partial charge in [-0.05, 0) is 41.8 Å². The summed E-state index contributed by atoms with van der Waals surface area (Å²) < 4.78 is 18.7. The quantitative estimate of drug-likeness (QED) is 0.698. The van der Waals surface area contributed by atoms with Crippen LogP contribution in [0.3, 0.4) is 0 Å². The molecule has 0 aliphatic rings. The molecule has 3 rings (SSSR count). The van der Waals surface area contributed by atoms with Crippen LogP contribution < -0.4 is 5.32 Å². The van der Waals surface area contributed by atoms with Crippen molar-refractivity contribution in [3.8, 4) is 0 Å². The lowest BCUT2D eigenvalue weighted by Crippen LogP contribution is -2.27. The van der Waals surface area contributed by atoms with Crippen LogP contribution >= 0.6 is 0 Å². The predicted octanol–water partition coefficient (Wildman–Crippen LogP) is 4.30.